The van der Waals surface area contributed by atoms with Crippen LogP contribution in [0.15, 0.2) is 33.5 Å². The van der Waals surface area contributed by atoms with Crippen LogP contribution in [0.25, 0.3) is 10.8 Å². The van der Waals surface area contributed by atoms with E-state index in [-0.39, 0.29) is 11.7 Å². The number of amides is 1. The van der Waals surface area contributed by atoms with Crippen LogP contribution in [0.1, 0.15) is 35.4 Å². The lowest BCUT2D eigenvalue weighted by molar-refractivity contribution is 0.0612. The van der Waals surface area contributed by atoms with Crippen molar-refractivity contribution in [2.75, 3.05) is 26.3 Å². The Morgan fingerprint density at radius 1 is 1.08 bits per heavy atom. The maximum atomic E-state index is 12.9. The van der Waals surface area contributed by atoms with E-state index in [0.29, 0.717) is 17.2 Å². The molecule has 2 aliphatic rings. The number of ether oxygens (including phenoxy) is 1. The molecule has 5 nitrogen and oxygen atoms in total. The summed E-state index contributed by atoms with van der Waals surface area (Å²) < 4.78 is 10.9. The van der Waals surface area contributed by atoms with E-state index in [2.05, 4.69) is 0 Å². The van der Waals surface area contributed by atoms with Crippen LogP contribution in [0.5, 0.6) is 0 Å². The molecular weight excluding hydrogens is 318 g/mol. The summed E-state index contributed by atoms with van der Waals surface area (Å²) in [5.74, 6) is 1.29. The highest BCUT2D eigenvalue weighted by molar-refractivity contribution is 5.98. The van der Waals surface area contributed by atoms with Gasteiger partial charge in [-0.15, -0.1) is 0 Å². The topological polar surface area (TPSA) is 59.8 Å². The van der Waals surface area contributed by atoms with Gasteiger partial charge in [-0.05, 0) is 49.5 Å². The Labute approximate surface area is 146 Å². The summed E-state index contributed by atoms with van der Waals surface area (Å²) in [6.07, 6.45) is 3.13. The number of rotatable bonds is 2. The van der Waals surface area contributed by atoms with Gasteiger partial charge < -0.3 is 14.1 Å². The fourth-order valence-electron chi connectivity index (χ4n) is 4.18. The zero-order chi connectivity index (χ0) is 17.4. The van der Waals surface area contributed by atoms with Gasteiger partial charge in [0.25, 0.3) is 5.91 Å². The van der Waals surface area contributed by atoms with Gasteiger partial charge in [-0.25, -0.2) is 4.79 Å². The molecule has 2 saturated heterocycles. The Kier molecular flexibility index (Phi) is 4.34. The highest BCUT2D eigenvalue weighted by Crippen LogP contribution is 2.31. The van der Waals surface area contributed by atoms with Crippen LogP contribution < -0.4 is 5.63 Å². The van der Waals surface area contributed by atoms with Crippen molar-refractivity contribution in [3.05, 3.63) is 46.0 Å². The van der Waals surface area contributed by atoms with E-state index in [9.17, 15) is 9.59 Å². The van der Waals surface area contributed by atoms with Crippen LogP contribution in [0.4, 0.5) is 0 Å². The molecule has 0 bridgehead atoms. The zero-order valence-electron chi connectivity index (χ0n) is 14.5. The highest BCUT2D eigenvalue weighted by atomic mass is 16.5. The third-order valence-electron chi connectivity index (χ3n) is 5.74. The predicted molar refractivity (Wildman–Crippen MR) is 94.8 cm³/mol. The van der Waals surface area contributed by atoms with Crippen molar-refractivity contribution in [1.29, 1.82) is 0 Å². The zero-order valence-corrected chi connectivity index (χ0v) is 14.5. The first-order chi connectivity index (χ1) is 12.1. The fraction of sp³-hybridized carbons (Fsp3) is 0.500. The maximum absolute atomic E-state index is 12.9. The van der Waals surface area contributed by atoms with Gasteiger partial charge in [0.05, 0.1) is 5.39 Å². The second-order valence-corrected chi connectivity index (χ2v) is 7.14. The molecule has 2 aliphatic heterocycles. The normalized spacial score (nSPS) is 21.8. The fourth-order valence-corrected chi connectivity index (χ4v) is 4.18. The lowest BCUT2D eigenvalue weighted by atomic mass is 9.84. The third-order valence-corrected chi connectivity index (χ3v) is 5.74. The molecule has 0 spiro atoms. The predicted octanol–water partition coefficient (Wildman–Crippen LogP) is 2.99. The molecule has 1 atom stereocenters. The molecule has 4 rings (SSSR count). The van der Waals surface area contributed by atoms with Gasteiger partial charge in [-0.3, -0.25) is 4.79 Å². The van der Waals surface area contributed by atoms with Crippen molar-refractivity contribution < 1.29 is 13.9 Å². The highest BCUT2D eigenvalue weighted by Gasteiger charge is 2.32. The summed E-state index contributed by atoms with van der Waals surface area (Å²) in [7, 11) is 0. The van der Waals surface area contributed by atoms with E-state index < -0.39 is 5.63 Å². The molecule has 132 valence electrons. The van der Waals surface area contributed by atoms with Gasteiger partial charge in [0.2, 0.25) is 0 Å². The first-order valence-corrected chi connectivity index (χ1v) is 9.04. The second kappa shape index (κ2) is 6.64. The van der Waals surface area contributed by atoms with Gasteiger partial charge in [-0.1, -0.05) is 18.2 Å². The Morgan fingerprint density at radius 2 is 1.80 bits per heavy atom. The van der Waals surface area contributed by atoms with Crippen LogP contribution in [0, 0.1) is 18.8 Å². The molecule has 0 saturated carbocycles. The number of piperidine rings is 1. The number of likely N-dealkylation sites (tertiary alicyclic amines) is 1. The summed E-state index contributed by atoms with van der Waals surface area (Å²) in [6.45, 7) is 5.01. The van der Waals surface area contributed by atoms with Crippen LogP contribution >= 0.6 is 0 Å². The SMILES string of the molecule is Cc1c(C(=O)N2CCC([C@@H]3CCOC3)CC2)oc(=O)c2ccccc12. The summed E-state index contributed by atoms with van der Waals surface area (Å²) in [5, 5.41) is 1.32. The first-order valence-electron chi connectivity index (χ1n) is 9.04. The van der Waals surface area contributed by atoms with E-state index in [0.717, 1.165) is 56.5 Å². The van der Waals surface area contributed by atoms with Gasteiger partial charge in [0.15, 0.2) is 5.76 Å². The minimum absolute atomic E-state index is 0.165. The minimum atomic E-state index is -0.442. The standard InChI is InChI=1S/C20H23NO4/c1-13-16-4-2-3-5-17(16)20(23)25-18(13)19(22)21-9-6-14(7-10-21)15-8-11-24-12-15/h2-5,14-15H,6-12H2,1H3/t15-/m1/s1. The molecule has 0 aliphatic carbocycles. The lowest BCUT2D eigenvalue weighted by Gasteiger charge is -2.34. The second-order valence-electron chi connectivity index (χ2n) is 7.14. The smallest absolute Gasteiger partial charge is 0.344 e. The van der Waals surface area contributed by atoms with E-state index >= 15 is 0 Å². The van der Waals surface area contributed by atoms with Crippen molar-refractivity contribution in [1.82, 2.24) is 4.90 Å². The van der Waals surface area contributed by atoms with Crippen LogP contribution in [0.3, 0.4) is 0 Å². The molecule has 5 heteroatoms. The number of nitrogens with zero attached hydrogens (tertiary/aromatic N) is 1. The van der Waals surface area contributed by atoms with Crippen molar-refractivity contribution in [2.24, 2.45) is 11.8 Å². The largest absolute Gasteiger partial charge is 0.417 e. The molecular formula is C20H23NO4. The van der Waals surface area contributed by atoms with Crippen molar-refractivity contribution >= 4 is 16.7 Å². The third kappa shape index (κ3) is 2.97. The number of benzene rings is 1. The van der Waals surface area contributed by atoms with Crippen LogP contribution in [-0.4, -0.2) is 37.1 Å². The molecule has 0 unspecified atom stereocenters. The average Bonchev–Trinajstić information content (AvgIpc) is 3.19. The summed E-state index contributed by atoms with van der Waals surface area (Å²) in [5.41, 5.74) is 0.300. The molecule has 25 heavy (non-hydrogen) atoms. The van der Waals surface area contributed by atoms with Gasteiger partial charge >= 0.3 is 5.63 Å². The number of hydrogen-bond donors (Lipinski definition) is 0. The van der Waals surface area contributed by atoms with Crippen molar-refractivity contribution in [3.8, 4) is 0 Å². The van der Waals surface area contributed by atoms with Crippen LogP contribution in [0.2, 0.25) is 0 Å². The quantitative estimate of drug-likeness (QED) is 0.842. The van der Waals surface area contributed by atoms with Gasteiger partial charge in [-0.2, -0.15) is 0 Å². The number of carbonyl (C=O) groups is 1. The van der Waals surface area contributed by atoms with Gasteiger partial charge in [0.1, 0.15) is 0 Å². The molecule has 0 radical (unpaired) electrons. The Bertz CT molecular complexity index is 842. The average molecular weight is 341 g/mol. The van der Waals surface area contributed by atoms with E-state index in [1.165, 1.54) is 0 Å². The Morgan fingerprint density at radius 3 is 2.48 bits per heavy atom. The monoisotopic (exact) mass is 341 g/mol. The summed E-state index contributed by atoms with van der Waals surface area (Å²) >= 11 is 0. The number of aryl methyl sites for hydroxylation is 1. The molecule has 1 amide bonds. The Hall–Kier alpha value is -2.14. The Balaban J connectivity index is 1.55. The summed E-state index contributed by atoms with van der Waals surface area (Å²) in [4.78, 5) is 27.0. The van der Waals surface area contributed by atoms with Crippen molar-refractivity contribution in [2.45, 2.75) is 26.2 Å². The molecule has 2 fully saturated rings. The number of carbonyl (C=O) groups excluding carboxylic acids is 1. The van der Waals surface area contributed by atoms with E-state index in [4.69, 9.17) is 9.15 Å². The molecule has 3 heterocycles. The van der Waals surface area contributed by atoms with Crippen molar-refractivity contribution in [3.63, 3.8) is 0 Å². The van der Waals surface area contributed by atoms with E-state index in [1.807, 2.05) is 24.0 Å². The molecule has 2 aromatic rings. The first kappa shape index (κ1) is 16.3. The number of fused-ring (bicyclic) bond motifs is 1. The lowest BCUT2D eigenvalue weighted by Crippen LogP contribution is -2.40. The number of hydrogen-bond acceptors (Lipinski definition) is 4. The van der Waals surface area contributed by atoms with Gasteiger partial charge in [0, 0.05) is 31.9 Å². The molecule has 0 N–H and O–H groups in total. The van der Waals surface area contributed by atoms with E-state index in [1.54, 1.807) is 12.1 Å². The maximum Gasteiger partial charge on any atom is 0.344 e. The molecule has 1 aromatic heterocycles. The van der Waals surface area contributed by atoms with Crippen LogP contribution in [-0.2, 0) is 4.74 Å². The summed E-state index contributed by atoms with van der Waals surface area (Å²) in [6, 6.07) is 7.28. The molecule has 1 aromatic carbocycles. The minimum Gasteiger partial charge on any atom is -0.417 e.